The minimum Gasteiger partial charge on any atom is -0.311 e. The average molecular weight is 413 g/mol. The fourth-order valence-corrected chi connectivity index (χ4v) is 5.05. The van der Waals surface area contributed by atoms with Crippen LogP contribution in [0.15, 0.2) is 46.6 Å². The molecule has 1 N–H and O–H groups in total. The van der Waals surface area contributed by atoms with E-state index in [0.29, 0.717) is 5.54 Å². The average Bonchev–Trinajstić information content (AvgIpc) is 3.25. The molecule has 0 unspecified atom stereocenters. The second kappa shape index (κ2) is 13.3. The van der Waals surface area contributed by atoms with Crippen LogP contribution in [-0.4, -0.2) is 36.6 Å². The summed E-state index contributed by atoms with van der Waals surface area (Å²) in [7, 11) is 0. The first-order valence-electron chi connectivity index (χ1n) is 12.5. The summed E-state index contributed by atoms with van der Waals surface area (Å²) in [5.41, 5.74) is 6.52. The highest BCUT2D eigenvalue weighted by Gasteiger charge is 2.43. The molecular weight excluding hydrogens is 364 g/mol. The highest BCUT2D eigenvalue weighted by molar-refractivity contribution is 5.08. The van der Waals surface area contributed by atoms with Crippen LogP contribution in [0.25, 0.3) is 0 Å². The maximum Gasteiger partial charge on any atom is 0.0335 e. The van der Waals surface area contributed by atoms with Gasteiger partial charge < -0.3 is 5.32 Å². The summed E-state index contributed by atoms with van der Waals surface area (Å²) in [6.07, 6.45) is 22.3. The van der Waals surface area contributed by atoms with Gasteiger partial charge in [-0.2, -0.15) is 0 Å². The van der Waals surface area contributed by atoms with Crippen LogP contribution in [0.5, 0.6) is 0 Å². The van der Waals surface area contributed by atoms with Gasteiger partial charge in [-0.1, -0.05) is 46.6 Å². The fraction of sp³-hybridized carbons (Fsp3) is 0.714. The van der Waals surface area contributed by atoms with Crippen molar-refractivity contribution < 1.29 is 0 Å². The van der Waals surface area contributed by atoms with Crippen LogP contribution in [0, 0.1) is 0 Å². The van der Waals surface area contributed by atoms with Crippen LogP contribution in [-0.2, 0) is 0 Å². The molecule has 0 saturated carbocycles. The molecule has 2 fully saturated rings. The molecule has 170 valence electrons. The van der Waals surface area contributed by atoms with Gasteiger partial charge in [-0.25, -0.2) is 0 Å². The van der Waals surface area contributed by atoms with E-state index >= 15 is 0 Å². The molecule has 0 amide bonds. The van der Waals surface area contributed by atoms with Gasteiger partial charge in [0.1, 0.15) is 0 Å². The Morgan fingerprint density at radius 3 is 1.77 bits per heavy atom. The minimum absolute atomic E-state index is 0.500. The van der Waals surface area contributed by atoms with Crippen molar-refractivity contribution in [3.05, 3.63) is 46.6 Å². The largest absolute Gasteiger partial charge is 0.311 e. The normalized spacial score (nSPS) is 20.0. The van der Waals surface area contributed by atoms with E-state index in [0.717, 1.165) is 6.54 Å². The van der Waals surface area contributed by atoms with Gasteiger partial charge in [-0.05, 0) is 112 Å². The Bertz CT molecular complexity index is 621. The summed E-state index contributed by atoms with van der Waals surface area (Å²) in [5.74, 6) is 0. The summed E-state index contributed by atoms with van der Waals surface area (Å²) in [5, 5.41) is 3.74. The number of fused-ring (bicyclic) bond motifs is 1. The minimum atomic E-state index is 0.500. The number of rotatable bonds is 13. The lowest BCUT2D eigenvalue weighted by Crippen LogP contribution is -2.46. The zero-order valence-corrected chi connectivity index (χ0v) is 20.7. The molecule has 2 heteroatoms. The summed E-state index contributed by atoms with van der Waals surface area (Å²) in [4.78, 5) is 2.74. The molecule has 0 spiro atoms. The van der Waals surface area contributed by atoms with Crippen molar-refractivity contribution in [1.29, 1.82) is 0 Å². The second-order valence-corrected chi connectivity index (χ2v) is 10.1. The molecule has 2 nitrogen and oxygen atoms in total. The van der Waals surface area contributed by atoms with Crippen molar-refractivity contribution in [3.8, 4) is 0 Å². The third-order valence-electron chi connectivity index (χ3n) is 7.01. The summed E-state index contributed by atoms with van der Waals surface area (Å²) in [6.45, 7) is 16.1. The van der Waals surface area contributed by atoms with E-state index in [-0.39, 0.29) is 0 Å². The van der Waals surface area contributed by atoms with E-state index in [9.17, 15) is 0 Å². The summed E-state index contributed by atoms with van der Waals surface area (Å²) >= 11 is 0. The smallest absolute Gasteiger partial charge is 0.0335 e. The standard InChI is InChI=1S/C28H48N2/c1-24(2)11-6-12-25(3)13-7-14-26(4)15-8-16-27(5)17-20-29-23-28-18-9-21-30(28)22-10-19-28/h11,13,15,17,29H,6-10,12,14,16,18-23H2,1-5H3. The van der Waals surface area contributed by atoms with E-state index in [1.807, 2.05) is 0 Å². The van der Waals surface area contributed by atoms with Gasteiger partial charge in [-0.15, -0.1) is 0 Å². The molecule has 2 heterocycles. The predicted octanol–water partition coefficient (Wildman–Crippen LogP) is 7.35. The summed E-state index contributed by atoms with van der Waals surface area (Å²) in [6, 6.07) is 0. The lowest BCUT2D eigenvalue weighted by Gasteiger charge is -2.32. The number of hydrogen-bond acceptors (Lipinski definition) is 2. The third kappa shape index (κ3) is 8.94. The maximum atomic E-state index is 3.74. The molecule has 2 aliphatic rings. The van der Waals surface area contributed by atoms with Crippen molar-refractivity contribution in [2.45, 2.75) is 104 Å². The molecule has 0 aliphatic carbocycles. The van der Waals surface area contributed by atoms with Gasteiger partial charge in [0.25, 0.3) is 0 Å². The lowest BCUT2D eigenvalue weighted by atomic mass is 9.94. The molecule has 0 bridgehead atoms. The Balaban J connectivity index is 1.57. The molecule has 0 aromatic carbocycles. The van der Waals surface area contributed by atoms with Gasteiger partial charge in [0.15, 0.2) is 0 Å². The van der Waals surface area contributed by atoms with E-state index in [4.69, 9.17) is 0 Å². The van der Waals surface area contributed by atoms with Gasteiger partial charge >= 0.3 is 0 Å². The Kier molecular flexibility index (Phi) is 11.2. The molecule has 30 heavy (non-hydrogen) atoms. The van der Waals surface area contributed by atoms with Crippen molar-refractivity contribution >= 4 is 0 Å². The third-order valence-corrected chi connectivity index (χ3v) is 7.01. The van der Waals surface area contributed by atoms with Crippen molar-refractivity contribution in [3.63, 3.8) is 0 Å². The molecule has 2 rings (SSSR count). The quantitative estimate of drug-likeness (QED) is 0.251. The summed E-state index contributed by atoms with van der Waals surface area (Å²) < 4.78 is 0. The monoisotopic (exact) mass is 412 g/mol. The Labute approximate surface area is 187 Å². The van der Waals surface area contributed by atoms with Crippen LogP contribution in [0.2, 0.25) is 0 Å². The first kappa shape index (κ1) is 25.1. The molecule has 2 aliphatic heterocycles. The highest BCUT2D eigenvalue weighted by atomic mass is 15.3. The van der Waals surface area contributed by atoms with Gasteiger partial charge in [0.2, 0.25) is 0 Å². The number of nitrogens with zero attached hydrogens (tertiary/aromatic N) is 1. The molecule has 0 atom stereocenters. The molecule has 0 radical (unpaired) electrons. The lowest BCUT2D eigenvalue weighted by molar-refractivity contribution is 0.192. The number of allylic oxidation sites excluding steroid dienone is 7. The van der Waals surface area contributed by atoms with Gasteiger partial charge in [0, 0.05) is 18.6 Å². The Morgan fingerprint density at radius 2 is 1.23 bits per heavy atom. The van der Waals surface area contributed by atoms with Crippen molar-refractivity contribution in [2.75, 3.05) is 26.2 Å². The molecule has 0 aromatic rings. The zero-order valence-electron chi connectivity index (χ0n) is 20.7. The van der Waals surface area contributed by atoms with Gasteiger partial charge in [-0.3, -0.25) is 4.90 Å². The van der Waals surface area contributed by atoms with Crippen LogP contribution in [0.3, 0.4) is 0 Å². The van der Waals surface area contributed by atoms with E-state index in [1.165, 1.54) is 106 Å². The second-order valence-electron chi connectivity index (χ2n) is 10.1. The van der Waals surface area contributed by atoms with Crippen molar-refractivity contribution in [1.82, 2.24) is 10.2 Å². The van der Waals surface area contributed by atoms with Crippen molar-refractivity contribution in [2.24, 2.45) is 0 Å². The van der Waals surface area contributed by atoms with E-state index < -0.39 is 0 Å². The SMILES string of the molecule is CC(C)=CCCC(C)=CCCC(C)=CCCC(C)=CCNCC12CCCN1CCC2. The molecular formula is C28H48N2. The Hall–Kier alpha value is -1.12. The van der Waals surface area contributed by atoms with E-state index in [1.54, 1.807) is 0 Å². The first-order chi connectivity index (χ1) is 14.4. The first-order valence-corrected chi connectivity index (χ1v) is 12.5. The Morgan fingerprint density at radius 1 is 0.733 bits per heavy atom. The zero-order chi connectivity index (χ0) is 21.8. The fourth-order valence-electron chi connectivity index (χ4n) is 5.05. The number of nitrogens with one attached hydrogen (secondary N) is 1. The topological polar surface area (TPSA) is 15.3 Å². The van der Waals surface area contributed by atoms with Crippen LogP contribution < -0.4 is 5.32 Å². The van der Waals surface area contributed by atoms with E-state index in [2.05, 4.69) is 69.1 Å². The predicted molar refractivity (Wildman–Crippen MR) is 134 cm³/mol. The van der Waals surface area contributed by atoms with Crippen LogP contribution >= 0.6 is 0 Å². The highest BCUT2D eigenvalue weighted by Crippen LogP contribution is 2.38. The number of hydrogen-bond donors (Lipinski definition) is 1. The van der Waals surface area contributed by atoms with Crippen LogP contribution in [0.4, 0.5) is 0 Å². The molecule has 0 aromatic heterocycles. The maximum absolute atomic E-state index is 3.74. The van der Waals surface area contributed by atoms with Crippen LogP contribution in [0.1, 0.15) is 98.8 Å². The molecule has 2 saturated heterocycles. The van der Waals surface area contributed by atoms with Gasteiger partial charge in [0.05, 0.1) is 0 Å².